The Morgan fingerprint density at radius 3 is 2.35 bits per heavy atom. The number of rotatable bonds is 5. The molecule has 0 radical (unpaired) electrons. The topological polar surface area (TPSA) is 65.7 Å². The average Bonchev–Trinajstić information content (AvgIpc) is 2.77. The maximum Gasteiger partial charge on any atom is 0.342 e. The summed E-state index contributed by atoms with van der Waals surface area (Å²) < 4.78 is 16.1. The van der Waals surface area contributed by atoms with Crippen molar-refractivity contribution < 1.29 is 23.5 Å². The van der Waals surface area contributed by atoms with Crippen molar-refractivity contribution in [2.24, 2.45) is 0 Å². The first-order valence-corrected chi connectivity index (χ1v) is 7.26. The second kappa shape index (κ2) is 6.69. The quantitative estimate of drug-likeness (QED) is 0.620. The summed E-state index contributed by atoms with van der Waals surface area (Å²) in [7, 11) is 1.53. The third kappa shape index (κ3) is 3.44. The van der Waals surface area contributed by atoms with Gasteiger partial charge >= 0.3 is 5.97 Å². The van der Waals surface area contributed by atoms with Gasteiger partial charge in [0.1, 0.15) is 29.4 Å². The van der Waals surface area contributed by atoms with Crippen molar-refractivity contribution in [3.8, 4) is 5.75 Å². The first kappa shape index (κ1) is 16.8. The number of hydrogen-bond donors (Lipinski definition) is 0. The van der Waals surface area contributed by atoms with Crippen molar-refractivity contribution in [2.45, 2.75) is 34.3 Å². The highest BCUT2D eigenvalue weighted by molar-refractivity contribution is 5.94. The van der Waals surface area contributed by atoms with Crippen molar-refractivity contribution in [1.82, 2.24) is 0 Å². The third-order valence-electron chi connectivity index (χ3n) is 3.81. The van der Waals surface area contributed by atoms with Crippen molar-refractivity contribution in [1.29, 1.82) is 0 Å². The zero-order valence-corrected chi connectivity index (χ0v) is 14.0. The molecule has 0 saturated heterocycles. The fourth-order valence-electron chi connectivity index (χ4n) is 2.42. The van der Waals surface area contributed by atoms with E-state index in [4.69, 9.17) is 13.9 Å². The Hall–Kier alpha value is -2.56. The Morgan fingerprint density at radius 1 is 1.13 bits per heavy atom. The lowest BCUT2D eigenvalue weighted by Crippen LogP contribution is -2.08. The van der Waals surface area contributed by atoms with Crippen molar-refractivity contribution >= 4 is 11.8 Å². The number of benzene rings is 1. The van der Waals surface area contributed by atoms with Gasteiger partial charge < -0.3 is 13.9 Å². The Kier molecular flexibility index (Phi) is 4.89. The molecule has 0 saturated carbocycles. The normalized spacial score (nSPS) is 10.5. The number of ether oxygens (including phenoxy) is 2. The molecule has 1 heterocycles. The molecule has 0 aliphatic carbocycles. The average molecular weight is 316 g/mol. The summed E-state index contributed by atoms with van der Waals surface area (Å²) in [5.74, 6) is 1.30. The van der Waals surface area contributed by atoms with Gasteiger partial charge in [-0.2, -0.15) is 0 Å². The SMILES string of the molecule is COc1ccc(C(C)=O)cc1COC(=O)c1c(C)oc(C)c1C. The fraction of sp³-hybridized carbons (Fsp3) is 0.333. The number of aryl methyl sites for hydroxylation is 2. The zero-order valence-electron chi connectivity index (χ0n) is 14.0. The van der Waals surface area contributed by atoms with E-state index in [-0.39, 0.29) is 12.4 Å². The molecule has 122 valence electrons. The number of furan rings is 1. The Balaban J connectivity index is 2.21. The van der Waals surface area contributed by atoms with Crippen LogP contribution in [0.2, 0.25) is 0 Å². The van der Waals surface area contributed by atoms with Gasteiger partial charge in [0.15, 0.2) is 5.78 Å². The van der Waals surface area contributed by atoms with Gasteiger partial charge in [-0.3, -0.25) is 4.79 Å². The summed E-state index contributed by atoms with van der Waals surface area (Å²) in [6, 6.07) is 5.05. The lowest BCUT2D eigenvalue weighted by molar-refractivity contribution is 0.0467. The number of hydrogen-bond acceptors (Lipinski definition) is 5. The van der Waals surface area contributed by atoms with E-state index in [0.717, 1.165) is 5.56 Å². The first-order valence-electron chi connectivity index (χ1n) is 7.26. The largest absolute Gasteiger partial charge is 0.496 e. The fourth-order valence-corrected chi connectivity index (χ4v) is 2.42. The van der Waals surface area contributed by atoms with Gasteiger partial charge in [0, 0.05) is 16.7 Å². The number of carbonyl (C=O) groups excluding carboxylic acids is 2. The molecule has 0 unspecified atom stereocenters. The highest BCUT2D eigenvalue weighted by atomic mass is 16.5. The third-order valence-corrected chi connectivity index (χ3v) is 3.81. The highest BCUT2D eigenvalue weighted by Gasteiger charge is 2.20. The molecule has 0 fully saturated rings. The summed E-state index contributed by atoms with van der Waals surface area (Å²) in [4.78, 5) is 23.8. The Morgan fingerprint density at radius 2 is 1.83 bits per heavy atom. The summed E-state index contributed by atoms with van der Waals surface area (Å²) in [6.45, 7) is 6.86. The number of ketones is 1. The van der Waals surface area contributed by atoms with Crippen molar-refractivity contribution in [3.63, 3.8) is 0 Å². The van der Waals surface area contributed by atoms with Crippen molar-refractivity contribution in [3.05, 3.63) is 52.0 Å². The molecule has 0 spiro atoms. The van der Waals surface area contributed by atoms with E-state index < -0.39 is 5.97 Å². The summed E-state index contributed by atoms with van der Waals surface area (Å²) in [6.07, 6.45) is 0. The van der Waals surface area contributed by atoms with E-state index in [1.54, 1.807) is 32.0 Å². The smallest absolute Gasteiger partial charge is 0.342 e. The van der Waals surface area contributed by atoms with E-state index in [9.17, 15) is 9.59 Å². The molecule has 5 nitrogen and oxygen atoms in total. The van der Waals surface area contributed by atoms with Crippen LogP contribution >= 0.6 is 0 Å². The molecule has 0 bridgehead atoms. The highest BCUT2D eigenvalue weighted by Crippen LogP contribution is 2.24. The Labute approximate surface area is 135 Å². The summed E-state index contributed by atoms with van der Waals surface area (Å²) in [5.41, 5.74) is 2.41. The van der Waals surface area contributed by atoms with Gasteiger partial charge in [0.2, 0.25) is 0 Å². The van der Waals surface area contributed by atoms with E-state index in [1.165, 1.54) is 14.0 Å². The predicted molar refractivity (Wildman–Crippen MR) is 85.0 cm³/mol. The molecule has 5 heteroatoms. The van der Waals surface area contributed by atoms with Crippen LogP contribution in [-0.4, -0.2) is 18.9 Å². The molecule has 1 aromatic heterocycles. The van der Waals surface area contributed by atoms with E-state index in [2.05, 4.69) is 0 Å². The molecular weight excluding hydrogens is 296 g/mol. The monoisotopic (exact) mass is 316 g/mol. The number of methoxy groups -OCH3 is 1. The second-order valence-corrected chi connectivity index (χ2v) is 5.37. The van der Waals surface area contributed by atoms with E-state index >= 15 is 0 Å². The molecule has 0 N–H and O–H groups in total. The van der Waals surface area contributed by atoms with Gasteiger partial charge in [-0.15, -0.1) is 0 Å². The minimum absolute atomic E-state index is 0.0201. The molecule has 2 rings (SSSR count). The van der Waals surface area contributed by atoms with E-state index in [0.29, 0.717) is 34.0 Å². The van der Waals surface area contributed by atoms with E-state index in [1.807, 2.05) is 6.92 Å². The minimum Gasteiger partial charge on any atom is -0.496 e. The molecule has 0 aliphatic heterocycles. The summed E-state index contributed by atoms with van der Waals surface area (Å²) >= 11 is 0. The first-order chi connectivity index (χ1) is 10.8. The van der Waals surface area contributed by atoms with Crippen LogP contribution in [0.5, 0.6) is 5.75 Å². The number of esters is 1. The maximum atomic E-state index is 12.3. The summed E-state index contributed by atoms with van der Waals surface area (Å²) in [5, 5.41) is 0. The molecule has 23 heavy (non-hydrogen) atoms. The molecular formula is C18H20O5. The maximum absolute atomic E-state index is 12.3. The molecule has 1 aromatic carbocycles. The zero-order chi connectivity index (χ0) is 17.1. The Bertz CT molecular complexity index is 755. The second-order valence-electron chi connectivity index (χ2n) is 5.37. The lowest BCUT2D eigenvalue weighted by Gasteiger charge is -2.11. The van der Waals surface area contributed by atoms with Gasteiger partial charge in [-0.1, -0.05) is 0 Å². The number of carbonyl (C=O) groups is 2. The van der Waals surface area contributed by atoms with Crippen LogP contribution in [0, 0.1) is 20.8 Å². The van der Waals surface area contributed by atoms with Gasteiger partial charge in [-0.25, -0.2) is 4.79 Å². The van der Waals surface area contributed by atoms with Crippen LogP contribution in [0.15, 0.2) is 22.6 Å². The minimum atomic E-state index is -0.452. The van der Waals surface area contributed by atoms with Crippen LogP contribution in [0.25, 0.3) is 0 Å². The van der Waals surface area contributed by atoms with Gasteiger partial charge in [0.05, 0.1) is 7.11 Å². The van der Waals surface area contributed by atoms with Crippen molar-refractivity contribution in [2.75, 3.05) is 7.11 Å². The van der Waals surface area contributed by atoms with Crippen LogP contribution in [-0.2, 0) is 11.3 Å². The van der Waals surface area contributed by atoms with Crippen LogP contribution < -0.4 is 4.74 Å². The molecule has 0 atom stereocenters. The van der Waals surface area contributed by atoms with Gasteiger partial charge in [0.25, 0.3) is 0 Å². The molecule has 0 aliphatic rings. The molecule has 0 amide bonds. The lowest BCUT2D eigenvalue weighted by atomic mass is 10.1. The molecule has 2 aromatic rings. The van der Waals surface area contributed by atoms with Crippen LogP contribution in [0.3, 0.4) is 0 Å². The predicted octanol–water partition coefficient (Wildman–Crippen LogP) is 3.77. The standard InChI is InChI=1S/C18H20O5/c1-10-12(3)23-13(4)17(10)18(20)22-9-15-8-14(11(2)19)6-7-16(15)21-5/h6-8H,9H2,1-5H3. The number of Topliss-reactive ketones (excluding diaryl/α,β-unsaturated/α-hetero) is 1. The van der Waals surface area contributed by atoms with Crippen LogP contribution in [0.4, 0.5) is 0 Å². The van der Waals surface area contributed by atoms with Crippen LogP contribution in [0.1, 0.15) is 50.3 Å². The van der Waals surface area contributed by atoms with Gasteiger partial charge in [-0.05, 0) is 45.9 Å².